The molecule has 0 N–H and O–H groups in total. The van der Waals surface area contributed by atoms with E-state index in [1.54, 1.807) is 0 Å². The minimum Gasteiger partial charge on any atom is -0.0792 e. The number of benzene rings is 6. The number of fused-ring (bicyclic) bond motifs is 5. The van der Waals surface area contributed by atoms with Gasteiger partial charge in [0.1, 0.15) is 0 Å². The number of hydrogen-bond donors (Lipinski definition) is 0. The summed E-state index contributed by atoms with van der Waals surface area (Å²) in [5.74, 6) is 0. The Labute approximate surface area is 230 Å². The molecule has 0 spiro atoms. The van der Waals surface area contributed by atoms with E-state index < -0.39 is 5.41 Å². The molecule has 0 saturated heterocycles. The number of aryl methyl sites for hydroxylation is 1. The summed E-state index contributed by atoms with van der Waals surface area (Å²) >= 11 is 0. The highest BCUT2D eigenvalue weighted by atomic mass is 14.5. The van der Waals surface area contributed by atoms with Crippen LogP contribution in [0.1, 0.15) is 45.9 Å². The first-order chi connectivity index (χ1) is 19.2. The van der Waals surface area contributed by atoms with Gasteiger partial charge in [0, 0.05) is 0 Å². The average Bonchev–Trinajstić information content (AvgIpc) is 3.29. The Bertz CT molecular complexity index is 1800. The minimum atomic E-state index is -0.423. The maximum Gasteiger partial charge on any atom is 0.0714 e. The zero-order valence-electron chi connectivity index (χ0n) is 22.4. The fourth-order valence-electron chi connectivity index (χ4n) is 6.81. The van der Waals surface area contributed by atoms with Gasteiger partial charge in [-0.1, -0.05) is 140 Å². The summed E-state index contributed by atoms with van der Waals surface area (Å²) < 4.78 is 0. The van der Waals surface area contributed by atoms with Gasteiger partial charge in [0.25, 0.3) is 0 Å². The van der Waals surface area contributed by atoms with Crippen molar-refractivity contribution in [1.29, 1.82) is 0 Å². The summed E-state index contributed by atoms with van der Waals surface area (Å²) in [5.41, 5.74) is 12.6. The molecule has 0 unspecified atom stereocenters. The van der Waals surface area contributed by atoms with Crippen molar-refractivity contribution in [1.82, 2.24) is 0 Å². The van der Waals surface area contributed by atoms with Crippen LogP contribution in [0.2, 0.25) is 0 Å². The van der Waals surface area contributed by atoms with Crippen molar-refractivity contribution in [2.24, 2.45) is 0 Å². The number of allylic oxidation sites excluding steroid dienone is 1. The molecule has 0 aromatic heterocycles. The van der Waals surface area contributed by atoms with E-state index in [4.69, 9.17) is 0 Å². The van der Waals surface area contributed by atoms with Gasteiger partial charge in [-0.15, -0.1) is 0 Å². The van der Waals surface area contributed by atoms with Gasteiger partial charge in [-0.25, -0.2) is 0 Å². The lowest BCUT2D eigenvalue weighted by molar-refractivity contribution is 0.768. The first kappa shape index (κ1) is 23.4. The van der Waals surface area contributed by atoms with Crippen LogP contribution < -0.4 is 0 Å². The predicted octanol–water partition coefficient (Wildman–Crippen LogP) is 9.96. The summed E-state index contributed by atoms with van der Waals surface area (Å²) in [5, 5.41) is 2.64. The molecule has 0 amide bonds. The van der Waals surface area contributed by atoms with Gasteiger partial charge in [0.15, 0.2) is 0 Å². The third kappa shape index (κ3) is 3.45. The van der Waals surface area contributed by atoms with Gasteiger partial charge in [-0.3, -0.25) is 0 Å². The monoisotopic (exact) mass is 498 g/mol. The second kappa shape index (κ2) is 9.26. The van der Waals surface area contributed by atoms with E-state index in [1.165, 1.54) is 66.4 Å². The maximum absolute atomic E-state index is 2.46. The molecule has 1 aliphatic carbocycles. The lowest BCUT2D eigenvalue weighted by Gasteiger charge is -2.34. The third-order valence-electron chi connectivity index (χ3n) is 8.45. The zero-order chi connectivity index (χ0) is 26.4. The third-order valence-corrected chi connectivity index (χ3v) is 8.45. The molecule has 0 bridgehead atoms. The summed E-state index contributed by atoms with van der Waals surface area (Å²) in [7, 11) is 0. The molecule has 0 fully saturated rings. The van der Waals surface area contributed by atoms with Crippen LogP contribution in [0.25, 0.3) is 27.5 Å². The van der Waals surface area contributed by atoms with Crippen molar-refractivity contribution in [2.45, 2.75) is 19.3 Å². The zero-order valence-corrected chi connectivity index (χ0v) is 22.4. The molecule has 0 nitrogen and oxygen atoms in total. The van der Waals surface area contributed by atoms with Gasteiger partial charge in [-0.2, -0.15) is 0 Å². The normalized spacial score (nSPS) is 13.7. The van der Waals surface area contributed by atoms with E-state index >= 15 is 0 Å². The van der Waals surface area contributed by atoms with Crippen LogP contribution in [0.4, 0.5) is 0 Å². The van der Waals surface area contributed by atoms with Gasteiger partial charge >= 0.3 is 0 Å². The SMILES string of the molecule is CC=C(c1ccccc1)c1ccc2c(c1)C(c1ccccc1)(c1ccccc1)c1cc(C)c3ccccc3c1-2. The smallest absolute Gasteiger partial charge is 0.0714 e. The molecule has 0 saturated carbocycles. The highest BCUT2D eigenvalue weighted by Gasteiger charge is 2.47. The second-order valence-electron chi connectivity index (χ2n) is 10.5. The molecule has 0 heteroatoms. The van der Waals surface area contributed by atoms with E-state index in [0.29, 0.717) is 0 Å². The molecule has 1 aliphatic rings. The Kier molecular flexibility index (Phi) is 5.56. The van der Waals surface area contributed by atoms with Gasteiger partial charge in [0.05, 0.1) is 5.41 Å². The van der Waals surface area contributed by atoms with Crippen LogP contribution in [0.5, 0.6) is 0 Å². The van der Waals surface area contributed by atoms with Crippen LogP contribution in [0.3, 0.4) is 0 Å². The van der Waals surface area contributed by atoms with E-state index in [2.05, 4.69) is 159 Å². The lowest BCUT2D eigenvalue weighted by atomic mass is 9.67. The molecule has 6 aromatic rings. The van der Waals surface area contributed by atoms with Crippen molar-refractivity contribution in [2.75, 3.05) is 0 Å². The van der Waals surface area contributed by atoms with Crippen LogP contribution in [-0.4, -0.2) is 0 Å². The standard InChI is InChI=1S/C39H30/c1-3-32(28-15-7-4-8-16-28)29-23-24-35-36(26-29)39(30-17-9-5-10-18-30,31-19-11-6-12-20-31)37-25-27(2)33-21-13-14-22-34(33)38(35)37/h3-26H,1-2H3. The predicted molar refractivity (Wildman–Crippen MR) is 165 cm³/mol. The Balaban J connectivity index is 1.64. The molecule has 0 radical (unpaired) electrons. The van der Waals surface area contributed by atoms with Crippen molar-refractivity contribution < 1.29 is 0 Å². The van der Waals surface area contributed by atoms with Crippen LogP contribution in [0.15, 0.2) is 146 Å². The Morgan fingerprint density at radius 1 is 0.538 bits per heavy atom. The molecule has 0 aliphatic heterocycles. The Hall–Kier alpha value is -4.68. The van der Waals surface area contributed by atoms with Crippen molar-refractivity contribution in [3.63, 3.8) is 0 Å². The van der Waals surface area contributed by atoms with Crippen molar-refractivity contribution in [3.8, 4) is 11.1 Å². The summed E-state index contributed by atoms with van der Waals surface area (Å²) in [6.45, 7) is 4.40. The second-order valence-corrected chi connectivity index (χ2v) is 10.5. The van der Waals surface area contributed by atoms with Gasteiger partial charge in [0.2, 0.25) is 0 Å². The molecule has 39 heavy (non-hydrogen) atoms. The quantitative estimate of drug-likeness (QED) is 0.226. The largest absolute Gasteiger partial charge is 0.0792 e. The van der Waals surface area contributed by atoms with Crippen LogP contribution in [-0.2, 0) is 5.41 Å². The molecule has 0 atom stereocenters. The van der Waals surface area contributed by atoms with E-state index in [-0.39, 0.29) is 0 Å². The topological polar surface area (TPSA) is 0 Å². The highest BCUT2D eigenvalue weighted by molar-refractivity contribution is 6.05. The highest BCUT2D eigenvalue weighted by Crippen LogP contribution is 2.58. The van der Waals surface area contributed by atoms with Crippen molar-refractivity contribution in [3.05, 3.63) is 185 Å². The fourth-order valence-corrected chi connectivity index (χ4v) is 6.81. The first-order valence-corrected chi connectivity index (χ1v) is 13.7. The van der Waals surface area contributed by atoms with Gasteiger partial charge < -0.3 is 0 Å². The maximum atomic E-state index is 2.46. The average molecular weight is 499 g/mol. The first-order valence-electron chi connectivity index (χ1n) is 13.7. The Morgan fingerprint density at radius 3 is 1.72 bits per heavy atom. The van der Waals surface area contributed by atoms with Crippen LogP contribution >= 0.6 is 0 Å². The molecular formula is C39H30. The Morgan fingerprint density at radius 2 is 1.10 bits per heavy atom. The number of rotatable bonds is 4. The molecule has 0 heterocycles. The van der Waals surface area contributed by atoms with Crippen LogP contribution in [0, 0.1) is 6.92 Å². The van der Waals surface area contributed by atoms with E-state index in [0.717, 1.165) is 0 Å². The lowest BCUT2D eigenvalue weighted by Crippen LogP contribution is -2.28. The molecular weight excluding hydrogens is 468 g/mol. The van der Waals surface area contributed by atoms with Crippen molar-refractivity contribution >= 4 is 16.3 Å². The summed E-state index contributed by atoms with van der Waals surface area (Å²) in [6, 6.07) is 51.4. The van der Waals surface area contributed by atoms with E-state index in [1.807, 2.05) is 0 Å². The summed E-state index contributed by atoms with van der Waals surface area (Å²) in [6.07, 6.45) is 2.24. The fraction of sp³-hybridized carbons (Fsp3) is 0.0769. The molecule has 7 rings (SSSR count). The van der Waals surface area contributed by atoms with E-state index in [9.17, 15) is 0 Å². The van der Waals surface area contributed by atoms with Gasteiger partial charge in [-0.05, 0) is 86.3 Å². The summed E-state index contributed by atoms with van der Waals surface area (Å²) in [4.78, 5) is 0. The number of hydrogen-bond acceptors (Lipinski definition) is 0. The minimum absolute atomic E-state index is 0.423. The molecule has 6 aromatic carbocycles. The molecule has 186 valence electrons.